The number of ether oxygens (including phenoxy) is 1. The minimum atomic E-state index is -0.331. The molecule has 0 aliphatic rings. The topological polar surface area (TPSA) is 59.9 Å². The van der Waals surface area contributed by atoms with E-state index in [-0.39, 0.29) is 12.5 Å². The number of nitrogens with one attached hydrogen (secondary N) is 1. The van der Waals surface area contributed by atoms with Crippen molar-refractivity contribution in [3.05, 3.63) is 59.2 Å². The molecule has 5 heteroatoms. The van der Waals surface area contributed by atoms with Crippen molar-refractivity contribution in [2.75, 3.05) is 12.4 Å². The number of oxime groups is 1. The summed E-state index contributed by atoms with van der Waals surface area (Å²) in [5.74, 6) is 0.422. The minimum Gasteiger partial charge on any atom is -0.497 e. The first-order chi connectivity index (χ1) is 11.1. The van der Waals surface area contributed by atoms with Crippen LogP contribution in [0.15, 0.2) is 47.6 Å². The van der Waals surface area contributed by atoms with Crippen LogP contribution >= 0.6 is 0 Å². The maximum Gasteiger partial charge on any atom is 0.270 e. The Morgan fingerprint density at radius 2 is 2.04 bits per heavy atom. The van der Waals surface area contributed by atoms with Crippen molar-refractivity contribution in [2.24, 2.45) is 5.16 Å². The summed E-state index contributed by atoms with van der Waals surface area (Å²) >= 11 is 0. The highest BCUT2D eigenvalue weighted by atomic mass is 16.6. The third-order valence-corrected chi connectivity index (χ3v) is 3.25. The quantitative estimate of drug-likeness (QED) is 0.656. The summed E-state index contributed by atoms with van der Waals surface area (Å²) in [6, 6.07) is 13.3. The Labute approximate surface area is 135 Å². The number of rotatable bonds is 6. The van der Waals surface area contributed by atoms with Gasteiger partial charge in [-0.3, -0.25) is 4.79 Å². The van der Waals surface area contributed by atoms with Crippen molar-refractivity contribution in [1.29, 1.82) is 0 Å². The fourth-order valence-electron chi connectivity index (χ4n) is 2.08. The van der Waals surface area contributed by atoms with Crippen LogP contribution in [-0.4, -0.2) is 19.2 Å². The number of amides is 1. The largest absolute Gasteiger partial charge is 0.497 e. The van der Waals surface area contributed by atoms with E-state index in [0.29, 0.717) is 0 Å². The second-order valence-electron chi connectivity index (χ2n) is 5.17. The number of carbonyl (C=O) groups is 1. The molecule has 0 atom stereocenters. The highest BCUT2D eigenvalue weighted by molar-refractivity contribution is 6.31. The zero-order chi connectivity index (χ0) is 16.7. The lowest BCUT2D eigenvalue weighted by molar-refractivity contribution is -0.110. The van der Waals surface area contributed by atoms with E-state index in [1.54, 1.807) is 7.11 Å². The molecule has 0 aliphatic heterocycles. The molecular weight excluding hydrogens is 292 g/mol. The molecule has 2 aromatic carbocycles. The summed E-state index contributed by atoms with van der Waals surface area (Å²) in [6.45, 7) is 4.22. The maximum absolute atomic E-state index is 11.8. The molecule has 1 N–H and O–H groups in total. The normalized spacial score (nSPS) is 10.6. The van der Waals surface area contributed by atoms with Gasteiger partial charge in [-0.15, -0.1) is 0 Å². The SMILES string of the molecule is COc1cccc(CO/N=C\C(=O)Nc2ccc(C)cc2C)c1. The lowest BCUT2D eigenvalue weighted by atomic mass is 10.1. The van der Waals surface area contributed by atoms with Gasteiger partial charge < -0.3 is 14.9 Å². The molecule has 0 saturated heterocycles. The van der Waals surface area contributed by atoms with Crippen LogP contribution in [0, 0.1) is 13.8 Å². The van der Waals surface area contributed by atoms with Gasteiger partial charge in [-0.05, 0) is 43.2 Å². The number of benzene rings is 2. The molecule has 0 spiro atoms. The average molecular weight is 312 g/mol. The molecule has 23 heavy (non-hydrogen) atoms. The molecule has 1 amide bonds. The van der Waals surface area contributed by atoms with E-state index >= 15 is 0 Å². The summed E-state index contributed by atoms with van der Waals surface area (Å²) in [4.78, 5) is 16.9. The fourth-order valence-corrected chi connectivity index (χ4v) is 2.08. The zero-order valence-electron chi connectivity index (χ0n) is 13.5. The van der Waals surface area contributed by atoms with Crippen molar-refractivity contribution in [3.8, 4) is 5.75 Å². The van der Waals surface area contributed by atoms with E-state index in [9.17, 15) is 4.79 Å². The van der Waals surface area contributed by atoms with Gasteiger partial charge in [-0.1, -0.05) is 35.0 Å². The molecule has 0 radical (unpaired) electrons. The Kier molecular flexibility index (Phi) is 5.74. The van der Waals surface area contributed by atoms with Crippen LogP contribution in [0.25, 0.3) is 0 Å². The molecule has 5 nitrogen and oxygen atoms in total. The van der Waals surface area contributed by atoms with Crippen LogP contribution in [0.1, 0.15) is 16.7 Å². The number of hydrogen-bond acceptors (Lipinski definition) is 4. The third-order valence-electron chi connectivity index (χ3n) is 3.25. The Morgan fingerprint density at radius 1 is 1.22 bits per heavy atom. The molecular formula is C18H20N2O3. The van der Waals surface area contributed by atoms with E-state index in [0.717, 1.165) is 34.3 Å². The molecule has 2 rings (SSSR count). The Hall–Kier alpha value is -2.82. The van der Waals surface area contributed by atoms with E-state index in [1.165, 1.54) is 0 Å². The molecule has 2 aromatic rings. The van der Waals surface area contributed by atoms with Crippen molar-refractivity contribution < 1.29 is 14.4 Å². The van der Waals surface area contributed by atoms with Crippen LogP contribution in [0.2, 0.25) is 0 Å². The van der Waals surface area contributed by atoms with E-state index in [1.807, 2.05) is 56.3 Å². The van der Waals surface area contributed by atoms with Crippen molar-refractivity contribution >= 4 is 17.8 Å². The first-order valence-electron chi connectivity index (χ1n) is 7.25. The van der Waals surface area contributed by atoms with Crippen LogP contribution in [-0.2, 0) is 16.2 Å². The molecule has 0 bridgehead atoms. The van der Waals surface area contributed by atoms with Gasteiger partial charge in [0.25, 0.3) is 5.91 Å². The van der Waals surface area contributed by atoms with Crippen LogP contribution in [0.5, 0.6) is 5.75 Å². The summed E-state index contributed by atoms with van der Waals surface area (Å²) < 4.78 is 5.13. The first kappa shape index (κ1) is 16.5. The number of aryl methyl sites for hydroxylation is 2. The smallest absolute Gasteiger partial charge is 0.270 e. The standard InChI is InChI=1S/C18H20N2O3/c1-13-7-8-17(14(2)9-13)20-18(21)11-19-23-12-15-5-4-6-16(10-15)22-3/h4-11H,12H2,1-3H3,(H,20,21)/b19-11-. The molecule has 0 unspecified atom stereocenters. The van der Waals surface area contributed by atoms with Gasteiger partial charge in [0, 0.05) is 5.69 Å². The predicted molar refractivity (Wildman–Crippen MR) is 90.8 cm³/mol. The second kappa shape index (κ2) is 7.98. The average Bonchev–Trinajstić information content (AvgIpc) is 2.54. The van der Waals surface area contributed by atoms with Crippen LogP contribution in [0.3, 0.4) is 0 Å². The molecule has 0 aromatic heterocycles. The highest BCUT2D eigenvalue weighted by Gasteiger charge is 2.02. The van der Waals surface area contributed by atoms with Crippen molar-refractivity contribution in [3.63, 3.8) is 0 Å². The fraction of sp³-hybridized carbons (Fsp3) is 0.222. The third kappa shape index (κ3) is 5.14. The summed E-state index contributed by atoms with van der Waals surface area (Å²) in [7, 11) is 1.61. The highest BCUT2D eigenvalue weighted by Crippen LogP contribution is 2.15. The monoisotopic (exact) mass is 312 g/mol. The second-order valence-corrected chi connectivity index (χ2v) is 5.17. The van der Waals surface area contributed by atoms with Gasteiger partial charge in [-0.2, -0.15) is 0 Å². The Balaban J connectivity index is 1.84. The first-order valence-corrected chi connectivity index (χ1v) is 7.25. The summed E-state index contributed by atoms with van der Waals surface area (Å²) in [5, 5.41) is 6.45. The van der Waals surface area contributed by atoms with Gasteiger partial charge in [-0.25, -0.2) is 0 Å². The van der Waals surface area contributed by atoms with Gasteiger partial charge >= 0.3 is 0 Å². The maximum atomic E-state index is 11.8. The van der Waals surface area contributed by atoms with Crippen molar-refractivity contribution in [1.82, 2.24) is 0 Å². The number of nitrogens with zero attached hydrogens (tertiary/aromatic N) is 1. The van der Waals surface area contributed by atoms with Gasteiger partial charge in [0.15, 0.2) is 0 Å². The van der Waals surface area contributed by atoms with Gasteiger partial charge in [0.05, 0.1) is 7.11 Å². The van der Waals surface area contributed by atoms with E-state index in [4.69, 9.17) is 9.57 Å². The molecule has 120 valence electrons. The van der Waals surface area contributed by atoms with Crippen molar-refractivity contribution in [2.45, 2.75) is 20.5 Å². The van der Waals surface area contributed by atoms with Crippen LogP contribution < -0.4 is 10.1 Å². The van der Waals surface area contributed by atoms with Gasteiger partial charge in [0.2, 0.25) is 0 Å². The lowest BCUT2D eigenvalue weighted by Gasteiger charge is -2.06. The Morgan fingerprint density at radius 3 is 2.78 bits per heavy atom. The van der Waals surface area contributed by atoms with E-state index < -0.39 is 0 Å². The number of carbonyl (C=O) groups excluding carboxylic acids is 1. The molecule has 0 heterocycles. The summed E-state index contributed by atoms with van der Waals surface area (Å²) in [6.07, 6.45) is 1.12. The number of hydrogen-bond donors (Lipinski definition) is 1. The molecule has 0 saturated carbocycles. The zero-order valence-corrected chi connectivity index (χ0v) is 13.5. The van der Waals surface area contributed by atoms with Gasteiger partial charge in [0.1, 0.15) is 18.6 Å². The Bertz CT molecular complexity index is 711. The molecule has 0 aliphatic carbocycles. The minimum absolute atomic E-state index is 0.268. The predicted octanol–water partition coefficient (Wildman–Crippen LogP) is 3.45. The summed E-state index contributed by atoms with van der Waals surface area (Å²) in [5.41, 5.74) is 3.83. The lowest BCUT2D eigenvalue weighted by Crippen LogP contribution is -2.13. The van der Waals surface area contributed by atoms with Crippen LogP contribution in [0.4, 0.5) is 5.69 Å². The van der Waals surface area contributed by atoms with E-state index in [2.05, 4.69) is 10.5 Å². The molecule has 0 fully saturated rings. The number of anilines is 1. The number of methoxy groups -OCH3 is 1.